The Bertz CT molecular complexity index is 996. The lowest BCUT2D eigenvalue weighted by Crippen LogP contribution is -2.25. The highest BCUT2D eigenvalue weighted by atomic mass is 32.2. The number of rotatable bonds is 4. The maximum atomic E-state index is 13.1. The van der Waals surface area contributed by atoms with Gasteiger partial charge in [0.15, 0.2) is 17.3 Å². The van der Waals surface area contributed by atoms with Crippen LogP contribution in [0.5, 0.6) is 17.2 Å². The first-order valence-electron chi connectivity index (χ1n) is 7.94. The number of methoxy groups -OCH3 is 1. The number of pyridine rings is 1. The highest BCUT2D eigenvalue weighted by Crippen LogP contribution is 2.43. The Morgan fingerprint density at radius 3 is 2.67 bits per heavy atom. The number of hydrogen-bond acceptors (Lipinski definition) is 6. The summed E-state index contributed by atoms with van der Waals surface area (Å²) in [6.07, 6.45) is -2.03. The van der Waals surface area contributed by atoms with Crippen molar-refractivity contribution in [3.63, 3.8) is 0 Å². The molecule has 3 aromatic rings. The first kappa shape index (κ1) is 17.8. The van der Waals surface area contributed by atoms with Gasteiger partial charge in [-0.2, -0.15) is 4.98 Å². The Labute approximate surface area is 155 Å². The molecule has 0 saturated heterocycles. The summed E-state index contributed by atoms with van der Waals surface area (Å²) in [5, 5.41) is 0.209. The summed E-state index contributed by atoms with van der Waals surface area (Å²) in [5.74, 6) is 0.618. The van der Waals surface area contributed by atoms with Crippen LogP contribution >= 0.6 is 0 Å². The van der Waals surface area contributed by atoms with E-state index < -0.39 is 17.5 Å². The second-order valence-corrected chi connectivity index (χ2v) is 7.43. The maximum Gasteiger partial charge on any atom is 0.586 e. The molecule has 1 N–H and O–H groups in total. The first-order chi connectivity index (χ1) is 12.8. The predicted molar refractivity (Wildman–Crippen MR) is 92.7 cm³/mol. The summed E-state index contributed by atoms with van der Waals surface area (Å²) in [7, 11) is 1.57. The van der Waals surface area contributed by atoms with Crippen molar-refractivity contribution in [3.05, 3.63) is 35.2 Å². The monoisotopic (exact) mass is 395 g/mol. The fourth-order valence-electron chi connectivity index (χ4n) is 2.95. The third kappa shape index (κ3) is 3.15. The van der Waals surface area contributed by atoms with E-state index in [0.717, 1.165) is 11.1 Å². The molecular weight excluding hydrogens is 380 g/mol. The predicted octanol–water partition coefficient (Wildman–Crippen LogP) is 3.21. The van der Waals surface area contributed by atoms with Crippen molar-refractivity contribution in [2.75, 3.05) is 7.11 Å². The van der Waals surface area contributed by atoms with Gasteiger partial charge in [-0.1, -0.05) is 0 Å². The van der Waals surface area contributed by atoms with Crippen molar-refractivity contribution in [2.45, 2.75) is 31.1 Å². The van der Waals surface area contributed by atoms with Crippen LogP contribution < -0.4 is 14.2 Å². The number of aromatic amines is 1. The quantitative estimate of drug-likeness (QED) is 0.682. The van der Waals surface area contributed by atoms with E-state index in [1.54, 1.807) is 13.3 Å². The second kappa shape index (κ2) is 6.24. The Morgan fingerprint density at radius 1 is 1.26 bits per heavy atom. The van der Waals surface area contributed by atoms with Crippen LogP contribution in [0.4, 0.5) is 8.78 Å². The molecule has 0 amide bonds. The number of nitrogens with zero attached hydrogens (tertiary/aromatic N) is 2. The van der Waals surface area contributed by atoms with E-state index in [9.17, 15) is 13.3 Å². The molecule has 3 heterocycles. The van der Waals surface area contributed by atoms with Gasteiger partial charge in [-0.25, -0.2) is 0 Å². The summed E-state index contributed by atoms with van der Waals surface area (Å²) in [5.41, 5.74) is 3.10. The summed E-state index contributed by atoms with van der Waals surface area (Å²) in [4.78, 5) is 11.4. The number of nitrogens with one attached hydrogen (secondary N) is 1. The van der Waals surface area contributed by atoms with Crippen molar-refractivity contribution in [3.8, 4) is 17.2 Å². The highest BCUT2D eigenvalue weighted by Gasteiger charge is 2.43. The molecular formula is C17H15F2N3O4S. The summed E-state index contributed by atoms with van der Waals surface area (Å²) in [6.45, 7) is 3.73. The lowest BCUT2D eigenvalue weighted by Gasteiger charge is -2.13. The van der Waals surface area contributed by atoms with E-state index >= 15 is 0 Å². The number of benzene rings is 1. The van der Waals surface area contributed by atoms with Crippen molar-refractivity contribution < 1.29 is 27.5 Å². The lowest BCUT2D eigenvalue weighted by molar-refractivity contribution is -0.286. The van der Waals surface area contributed by atoms with Crippen molar-refractivity contribution in [1.82, 2.24) is 15.0 Å². The number of H-pyrrole nitrogens is 1. The molecule has 1 aromatic carbocycles. The van der Waals surface area contributed by atoms with Crippen molar-refractivity contribution >= 4 is 22.2 Å². The van der Waals surface area contributed by atoms with Gasteiger partial charge in [-0.05, 0) is 13.8 Å². The van der Waals surface area contributed by atoms with Gasteiger partial charge in [-0.3, -0.25) is 9.97 Å². The molecule has 4 rings (SSSR count). The highest BCUT2D eigenvalue weighted by molar-refractivity contribution is 7.90. The molecule has 10 heteroatoms. The van der Waals surface area contributed by atoms with Crippen molar-refractivity contribution in [1.29, 1.82) is 0 Å². The van der Waals surface area contributed by atoms with Crippen LogP contribution in [-0.2, 0) is 16.9 Å². The maximum absolute atomic E-state index is 13.1. The summed E-state index contributed by atoms with van der Waals surface area (Å²) in [6, 6.07) is 2.67. The fraction of sp³-hybridized carbons (Fsp3) is 0.294. The fourth-order valence-corrected chi connectivity index (χ4v) is 4.05. The number of ether oxygens (including phenoxy) is 3. The molecule has 0 bridgehead atoms. The van der Waals surface area contributed by atoms with Crippen LogP contribution in [0.15, 0.2) is 23.5 Å². The smallest absolute Gasteiger partial charge is 0.586 e. The Balaban J connectivity index is 1.62. The summed E-state index contributed by atoms with van der Waals surface area (Å²) < 4.78 is 53.2. The molecule has 142 valence electrons. The molecule has 1 aliphatic heterocycles. The molecule has 2 aromatic heterocycles. The molecule has 1 atom stereocenters. The van der Waals surface area contributed by atoms with Crippen LogP contribution in [0.2, 0.25) is 0 Å². The van der Waals surface area contributed by atoms with Crippen LogP contribution in [0.3, 0.4) is 0 Å². The SMILES string of the molecule is COc1c(C)cnc(C[S+]([O-])c2nc3cc4c(cc3[nH]2)OC(F)(F)O4)c1C. The van der Waals surface area contributed by atoms with Gasteiger partial charge in [0.2, 0.25) is 0 Å². The zero-order valence-electron chi connectivity index (χ0n) is 14.6. The van der Waals surface area contributed by atoms with E-state index in [2.05, 4.69) is 24.4 Å². The molecule has 1 unspecified atom stereocenters. The molecule has 0 radical (unpaired) electrons. The van der Waals surface area contributed by atoms with Crippen LogP contribution in [-0.4, -0.2) is 32.9 Å². The minimum Gasteiger partial charge on any atom is -0.609 e. The molecule has 0 spiro atoms. The molecule has 27 heavy (non-hydrogen) atoms. The Kier molecular flexibility index (Phi) is 4.11. The number of fused-ring (bicyclic) bond motifs is 2. The standard InChI is InChI=1S/C17H15F2N3O4S/c1-8-6-20-12(9(2)15(8)24-3)7-27(23)16-21-10-4-13-14(5-11(10)22-16)26-17(18,19)25-13/h4-6H,7H2,1-3H3,(H,21,22). The van der Waals surface area contributed by atoms with E-state index in [1.165, 1.54) is 12.1 Å². The number of halogens is 2. The van der Waals surface area contributed by atoms with Gasteiger partial charge < -0.3 is 18.8 Å². The number of aromatic nitrogens is 3. The topological polar surface area (TPSA) is 92.3 Å². The van der Waals surface area contributed by atoms with Gasteiger partial charge in [0.05, 0.1) is 23.8 Å². The lowest BCUT2D eigenvalue weighted by atomic mass is 10.1. The average Bonchev–Trinajstić information content (AvgIpc) is 3.13. The van der Waals surface area contributed by atoms with Gasteiger partial charge >= 0.3 is 11.5 Å². The van der Waals surface area contributed by atoms with Crippen molar-refractivity contribution in [2.24, 2.45) is 0 Å². The van der Waals surface area contributed by atoms with E-state index in [1.807, 2.05) is 13.8 Å². The first-order valence-corrected chi connectivity index (χ1v) is 9.26. The van der Waals surface area contributed by atoms with Crippen LogP contribution in [0, 0.1) is 13.8 Å². The van der Waals surface area contributed by atoms with Crippen LogP contribution in [0.25, 0.3) is 11.0 Å². The zero-order chi connectivity index (χ0) is 19.3. The number of alkyl halides is 2. The molecule has 0 saturated carbocycles. The third-order valence-electron chi connectivity index (χ3n) is 4.22. The Morgan fingerprint density at radius 2 is 1.96 bits per heavy atom. The number of hydrogen-bond donors (Lipinski definition) is 1. The minimum absolute atomic E-state index is 0.103. The van der Waals surface area contributed by atoms with Crippen LogP contribution in [0.1, 0.15) is 16.8 Å². The molecule has 0 aliphatic carbocycles. The van der Waals surface area contributed by atoms with E-state index in [-0.39, 0.29) is 22.4 Å². The van der Waals surface area contributed by atoms with E-state index in [0.29, 0.717) is 22.5 Å². The largest absolute Gasteiger partial charge is 0.609 e. The molecule has 7 nitrogen and oxygen atoms in total. The second-order valence-electron chi connectivity index (χ2n) is 6.06. The summed E-state index contributed by atoms with van der Waals surface area (Å²) >= 11 is -1.52. The molecule has 1 aliphatic rings. The number of imidazole rings is 1. The van der Waals surface area contributed by atoms with Gasteiger partial charge in [-0.15, -0.1) is 8.78 Å². The average molecular weight is 395 g/mol. The van der Waals surface area contributed by atoms with Gasteiger partial charge in [0.25, 0.3) is 0 Å². The number of aryl methyl sites for hydroxylation is 1. The molecule has 0 fully saturated rings. The normalized spacial score (nSPS) is 15.9. The Hall–Kier alpha value is -2.59. The third-order valence-corrected chi connectivity index (χ3v) is 5.38. The van der Waals surface area contributed by atoms with Gasteiger partial charge in [0.1, 0.15) is 5.75 Å². The van der Waals surface area contributed by atoms with Gasteiger partial charge in [0, 0.05) is 40.6 Å². The minimum atomic E-state index is -3.69. The van der Waals surface area contributed by atoms with E-state index in [4.69, 9.17) is 4.74 Å². The zero-order valence-corrected chi connectivity index (χ0v) is 15.4.